The predicted molar refractivity (Wildman–Crippen MR) is 96.6 cm³/mol. The van der Waals surface area contributed by atoms with Crippen molar-refractivity contribution >= 4 is 17.7 Å². The van der Waals surface area contributed by atoms with Gasteiger partial charge in [-0.3, -0.25) is 19.3 Å². The fourth-order valence-corrected chi connectivity index (χ4v) is 6.09. The van der Waals surface area contributed by atoms with E-state index in [1.165, 1.54) is 17.7 Å². The fraction of sp³-hybridized carbons (Fsp3) is 0.750. The number of carbonyl (C=O) groups is 3. The Bertz CT molecular complexity index is 847. The number of rotatable bonds is 4. The monoisotopic (exact) mass is 383 g/mol. The molecule has 1 aromatic heterocycles. The second-order valence-corrected chi connectivity index (χ2v) is 9.18. The molecule has 3 saturated carbocycles. The van der Waals surface area contributed by atoms with Gasteiger partial charge in [0.15, 0.2) is 5.82 Å². The highest BCUT2D eigenvalue weighted by atomic mass is 16.2. The van der Waals surface area contributed by atoms with Crippen molar-refractivity contribution < 1.29 is 14.4 Å². The van der Waals surface area contributed by atoms with Crippen LogP contribution in [0.25, 0.3) is 0 Å². The molecule has 5 aliphatic rings. The smallest absolute Gasteiger partial charge is 0.233 e. The molecule has 3 amide bonds. The molecule has 0 spiro atoms. The Labute approximate surface area is 163 Å². The quantitative estimate of drug-likeness (QED) is 0.722. The minimum Gasteiger partial charge on any atom is -0.333 e. The minimum atomic E-state index is -0.101. The Morgan fingerprint density at radius 3 is 2.36 bits per heavy atom. The highest BCUT2D eigenvalue weighted by Gasteiger charge is 2.60. The van der Waals surface area contributed by atoms with Crippen LogP contribution in [-0.2, 0) is 27.5 Å². The van der Waals surface area contributed by atoms with Crippen LogP contribution in [0.5, 0.6) is 0 Å². The van der Waals surface area contributed by atoms with Gasteiger partial charge in [0.1, 0.15) is 5.82 Å². The SMILES string of the molecule is O=C(CCN1C(=O)[C@H]2[C@H]3CC[C@@H](C3)[C@@H]2C1=O)N1CCn2c(nnc2C2CC2)C1. The number of nitrogens with zero attached hydrogens (tertiary/aromatic N) is 5. The molecule has 0 unspecified atom stereocenters. The van der Waals surface area contributed by atoms with E-state index in [0.29, 0.717) is 30.8 Å². The lowest BCUT2D eigenvalue weighted by Gasteiger charge is -2.28. The average Bonchev–Trinajstić information content (AvgIpc) is 3.05. The summed E-state index contributed by atoms with van der Waals surface area (Å²) in [6.45, 7) is 2.06. The first kappa shape index (κ1) is 16.7. The summed E-state index contributed by atoms with van der Waals surface area (Å²) in [5.41, 5.74) is 0. The molecule has 2 aliphatic heterocycles. The van der Waals surface area contributed by atoms with Crippen LogP contribution in [0, 0.1) is 23.7 Å². The summed E-state index contributed by atoms with van der Waals surface area (Å²) in [6, 6.07) is 0. The molecule has 148 valence electrons. The van der Waals surface area contributed by atoms with Crippen LogP contribution in [0.15, 0.2) is 0 Å². The maximum atomic E-state index is 12.8. The van der Waals surface area contributed by atoms with Gasteiger partial charge >= 0.3 is 0 Å². The number of hydrogen-bond acceptors (Lipinski definition) is 5. The molecule has 8 nitrogen and oxygen atoms in total. The van der Waals surface area contributed by atoms with Crippen LogP contribution >= 0.6 is 0 Å². The van der Waals surface area contributed by atoms with Crippen molar-refractivity contribution in [2.45, 2.75) is 57.5 Å². The van der Waals surface area contributed by atoms with Gasteiger partial charge in [-0.25, -0.2) is 0 Å². The molecule has 1 aromatic rings. The highest BCUT2D eigenvalue weighted by molar-refractivity contribution is 6.06. The Morgan fingerprint density at radius 1 is 0.964 bits per heavy atom. The fourth-order valence-electron chi connectivity index (χ4n) is 6.09. The minimum absolute atomic E-state index is 0.0112. The summed E-state index contributed by atoms with van der Waals surface area (Å²) in [5.74, 6) is 2.98. The molecule has 0 N–H and O–H groups in total. The molecule has 8 heteroatoms. The number of imide groups is 1. The van der Waals surface area contributed by atoms with Crippen molar-refractivity contribution in [3.05, 3.63) is 11.6 Å². The number of amides is 3. The van der Waals surface area contributed by atoms with Crippen molar-refractivity contribution in [2.75, 3.05) is 13.1 Å². The van der Waals surface area contributed by atoms with Crippen molar-refractivity contribution in [3.63, 3.8) is 0 Å². The lowest BCUT2D eigenvalue weighted by molar-refractivity contribution is -0.141. The average molecular weight is 383 g/mol. The summed E-state index contributed by atoms with van der Waals surface area (Å²) >= 11 is 0. The van der Waals surface area contributed by atoms with E-state index in [4.69, 9.17) is 0 Å². The van der Waals surface area contributed by atoms with E-state index in [2.05, 4.69) is 14.8 Å². The van der Waals surface area contributed by atoms with Crippen LogP contribution in [0.3, 0.4) is 0 Å². The summed E-state index contributed by atoms with van der Waals surface area (Å²) in [5, 5.41) is 8.59. The molecule has 1 saturated heterocycles. The zero-order valence-electron chi connectivity index (χ0n) is 15.9. The van der Waals surface area contributed by atoms with Gasteiger partial charge in [-0.1, -0.05) is 0 Å². The molecule has 4 fully saturated rings. The third-order valence-corrected chi connectivity index (χ3v) is 7.65. The van der Waals surface area contributed by atoms with Crippen LogP contribution < -0.4 is 0 Å². The molecule has 4 atom stereocenters. The van der Waals surface area contributed by atoms with Crippen LogP contribution in [-0.4, -0.2) is 55.4 Å². The van der Waals surface area contributed by atoms with E-state index in [1.807, 2.05) is 0 Å². The van der Waals surface area contributed by atoms with Crippen molar-refractivity contribution in [1.29, 1.82) is 0 Å². The second kappa shape index (κ2) is 5.87. The lowest BCUT2D eigenvalue weighted by atomic mass is 9.81. The van der Waals surface area contributed by atoms with Gasteiger partial charge in [0.2, 0.25) is 17.7 Å². The zero-order valence-corrected chi connectivity index (χ0v) is 15.9. The van der Waals surface area contributed by atoms with Gasteiger partial charge in [0.05, 0.1) is 18.4 Å². The number of fused-ring (bicyclic) bond motifs is 6. The third-order valence-electron chi connectivity index (χ3n) is 7.65. The molecular formula is C20H25N5O3. The Morgan fingerprint density at radius 2 is 1.68 bits per heavy atom. The van der Waals surface area contributed by atoms with Crippen LogP contribution in [0.2, 0.25) is 0 Å². The van der Waals surface area contributed by atoms with Gasteiger partial charge in [-0.15, -0.1) is 10.2 Å². The summed E-state index contributed by atoms with van der Waals surface area (Å²) in [7, 11) is 0. The Hall–Kier alpha value is -2.25. The van der Waals surface area contributed by atoms with Gasteiger partial charge in [-0.05, 0) is 43.9 Å². The van der Waals surface area contributed by atoms with Gasteiger partial charge in [0.25, 0.3) is 0 Å². The molecule has 0 radical (unpaired) electrons. The van der Waals surface area contributed by atoms with E-state index in [1.54, 1.807) is 4.90 Å². The number of hydrogen-bond donors (Lipinski definition) is 0. The zero-order chi connectivity index (χ0) is 19.0. The number of likely N-dealkylation sites (tertiary alicyclic amines) is 1. The molecule has 28 heavy (non-hydrogen) atoms. The first-order chi connectivity index (χ1) is 13.6. The van der Waals surface area contributed by atoms with Gasteiger partial charge < -0.3 is 9.47 Å². The van der Waals surface area contributed by atoms with Crippen LogP contribution in [0.1, 0.15) is 56.1 Å². The maximum Gasteiger partial charge on any atom is 0.233 e. The first-order valence-electron chi connectivity index (χ1n) is 10.7. The molecule has 3 aliphatic carbocycles. The normalized spacial score (nSPS) is 33.6. The molecule has 3 heterocycles. The highest BCUT2D eigenvalue weighted by Crippen LogP contribution is 2.56. The largest absolute Gasteiger partial charge is 0.333 e. The lowest BCUT2D eigenvalue weighted by Crippen LogP contribution is -2.41. The number of aromatic nitrogens is 3. The predicted octanol–water partition coefficient (Wildman–Crippen LogP) is 0.919. The molecular weight excluding hydrogens is 358 g/mol. The third kappa shape index (κ3) is 2.32. The van der Waals surface area contributed by atoms with E-state index < -0.39 is 0 Å². The van der Waals surface area contributed by atoms with E-state index in [9.17, 15) is 14.4 Å². The standard InChI is InChI=1S/C20H25N5O3/c26-15(23-7-8-24-14(10-23)21-22-18(24)11-1-2-11)5-6-25-19(27)16-12-3-4-13(9-12)17(16)20(25)28/h11-13,16-17H,1-10H2/t12-,13-,16-,17-/m0/s1. The molecule has 2 bridgehead atoms. The topological polar surface area (TPSA) is 88.4 Å². The Kier molecular flexibility index (Phi) is 3.50. The van der Waals surface area contributed by atoms with Gasteiger partial charge in [-0.2, -0.15) is 0 Å². The van der Waals surface area contributed by atoms with Gasteiger partial charge in [0, 0.05) is 32.0 Å². The van der Waals surface area contributed by atoms with Crippen molar-refractivity contribution in [2.24, 2.45) is 23.7 Å². The van der Waals surface area contributed by atoms with E-state index in [-0.39, 0.29) is 42.5 Å². The Balaban J connectivity index is 1.10. The summed E-state index contributed by atoms with van der Waals surface area (Å²) < 4.78 is 2.16. The van der Waals surface area contributed by atoms with Crippen molar-refractivity contribution in [1.82, 2.24) is 24.6 Å². The number of carbonyl (C=O) groups excluding carboxylic acids is 3. The first-order valence-corrected chi connectivity index (χ1v) is 10.7. The second-order valence-electron chi connectivity index (χ2n) is 9.18. The maximum absolute atomic E-state index is 12.8. The van der Waals surface area contributed by atoms with E-state index >= 15 is 0 Å². The van der Waals surface area contributed by atoms with Crippen molar-refractivity contribution in [3.8, 4) is 0 Å². The summed E-state index contributed by atoms with van der Waals surface area (Å²) in [6.07, 6.45) is 5.77. The summed E-state index contributed by atoms with van der Waals surface area (Å²) in [4.78, 5) is 41.5. The van der Waals surface area contributed by atoms with Crippen LogP contribution in [0.4, 0.5) is 0 Å². The molecule has 6 rings (SSSR count). The molecule has 0 aromatic carbocycles. The van der Waals surface area contributed by atoms with E-state index in [0.717, 1.165) is 37.5 Å².